The number of nitrogens with zero attached hydrogens (tertiary/aromatic N) is 4. The van der Waals surface area contributed by atoms with E-state index in [0.29, 0.717) is 5.95 Å². The van der Waals surface area contributed by atoms with E-state index in [1.807, 2.05) is 42.5 Å². The first-order chi connectivity index (χ1) is 12.7. The standard InChI is InChI=1S/C20H23N5O/c1-24-11-13-25(14-12-24)19-17-5-3-4-6-18(17)22-20(23-19)21-15-7-9-16(26-2)10-8-15/h3-10H,11-14H2,1-2H3,(H,21,22,23). The molecule has 6 nitrogen and oxygen atoms in total. The van der Waals surface area contributed by atoms with Gasteiger partial charge < -0.3 is 19.9 Å². The van der Waals surface area contributed by atoms with Gasteiger partial charge in [0.1, 0.15) is 11.6 Å². The van der Waals surface area contributed by atoms with Crippen molar-refractivity contribution in [2.45, 2.75) is 0 Å². The zero-order chi connectivity index (χ0) is 17.9. The molecule has 0 unspecified atom stereocenters. The number of hydrogen-bond acceptors (Lipinski definition) is 6. The Kier molecular flexibility index (Phi) is 4.58. The Labute approximate surface area is 153 Å². The molecule has 0 saturated carbocycles. The van der Waals surface area contributed by atoms with Gasteiger partial charge >= 0.3 is 0 Å². The van der Waals surface area contributed by atoms with Gasteiger partial charge in [-0.3, -0.25) is 0 Å². The van der Waals surface area contributed by atoms with Gasteiger partial charge in [0.25, 0.3) is 0 Å². The number of methoxy groups -OCH3 is 1. The predicted molar refractivity (Wildman–Crippen MR) is 106 cm³/mol. The Morgan fingerprint density at radius 1 is 0.923 bits per heavy atom. The molecule has 1 saturated heterocycles. The fourth-order valence-corrected chi connectivity index (χ4v) is 3.18. The smallest absolute Gasteiger partial charge is 0.229 e. The van der Waals surface area contributed by atoms with Gasteiger partial charge in [-0.2, -0.15) is 4.98 Å². The molecule has 0 spiro atoms. The first kappa shape index (κ1) is 16.6. The number of rotatable bonds is 4. The average Bonchev–Trinajstić information content (AvgIpc) is 2.69. The Hall–Kier alpha value is -2.86. The largest absolute Gasteiger partial charge is 0.497 e. The summed E-state index contributed by atoms with van der Waals surface area (Å²) in [6.45, 7) is 4.03. The highest BCUT2D eigenvalue weighted by atomic mass is 16.5. The molecule has 0 aliphatic carbocycles. The van der Waals surface area contributed by atoms with Gasteiger partial charge in [0, 0.05) is 37.3 Å². The molecule has 1 N–H and O–H groups in total. The highest BCUT2D eigenvalue weighted by Crippen LogP contribution is 2.27. The SMILES string of the molecule is COc1ccc(Nc2nc(N3CCN(C)CC3)c3ccccc3n2)cc1. The lowest BCUT2D eigenvalue weighted by atomic mass is 10.2. The number of para-hydroxylation sites is 1. The van der Waals surface area contributed by atoms with E-state index in [4.69, 9.17) is 14.7 Å². The summed E-state index contributed by atoms with van der Waals surface area (Å²) in [5, 5.41) is 4.42. The summed E-state index contributed by atoms with van der Waals surface area (Å²) in [6.07, 6.45) is 0. The van der Waals surface area contributed by atoms with Crippen molar-refractivity contribution in [3.8, 4) is 5.75 Å². The molecule has 2 heterocycles. The highest BCUT2D eigenvalue weighted by Gasteiger charge is 2.19. The van der Waals surface area contributed by atoms with Gasteiger partial charge in [0.05, 0.1) is 12.6 Å². The molecular weight excluding hydrogens is 326 g/mol. The lowest BCUT2D eigenvalue weighted by Gasteiger charge is -2.33. The van der Waals surface area contributed by atoms with Crippen molar-refractivity contribution < 1.29 is 4.74 Å². The van der Waals surface area contributed by atoms with Crippen molar-refractivity contribution in [2.75, 3.05) is 50.6 Å². The number of aromatic nitrogens is 2. The molecular formula is C20H23N5O. The van der Waals surface area contributed by atoms with E-state index in [1.165, 1.54) is 0 Å². The van der Waals surface area contributed by atoms with E-state index < -0.39 is 0 Å². The second-order valence-electron chi connectivity index (χ2n) is 6.53. The molecule has 0 radical (unpaired) electrons. The second-order valence-corrected chi connectivity index (χ2v) is 6.53. The van der Waals surface area contributed by atoms with Crippen molar-refractivity contribution in [2.24, 2.45) is 0 Å². The molecule has 1 aliphatic rings. The molecule has 0 amide bonds. The predicted octanol–water partition coefficient (Wildman–Crippen LogP) is 3.13. The number of benzene rings is 2. The summed E-state index contributed by atoms with van der Waals surface area (Å²) in [5.74, 6) is 2.44. The number of nitrogens with one attached hydrogen (secondary N) is 1. The summed E-state index contributed by atoms with van der Waals surface area (Å²) in [7, 11) is 3.82. The summed E-state index contributed by atoms with van der Waals surface area (Å²) < 4.78 is 5.21. The van der Waals surface area contributed by atoms with Gasteiger partial charge in [-0.1, -0.05) is 12.1 Å². The fraction of sp³-hybridized carbons (Fsp3) is 0.300. The van der Waals surface area contributed by atoms with Crippen LogP contribution in [0, 0.1) is 0 Å². The first-order valence-corrected chi connectivity index (χ1v) is 8.84. The van der Waals surface area contributed by atoms with Crippen molar-refractivity contribution in [3.05, 3.63) is 48.5 Å². The molecule has 3 aromatic rings. The van der Waals surface area contributed by atoms with Crippen molar-refractivity contribution in [3.63, 3.8) is 0 Å². The highest BCUT2D eigenvalue weighted by molar-refractivity contribution is 5.90. The van der Waals surface area contributed by atoms with Crippen LogP contribution in [0.3, 0.4) is 0 Å². The molecule has 26 heavy (non-hydrogen) atoms. The summed E-state index contributed by atoms with van der Waals surface area (Å²) in [6, 6.07) is 16.0. The summed E-state index contributed by atoms with van der Waals surface area (Å²) in [5.41, 5.74) is 1.89. The third-order valence-electron chi connectivity index (χ3n) is 4.73. The topological polar surface area (TPSA) is 53.5 Å². The molecule has 1 aromatic heterocycles. The number of piperazine rings is 1. The zero-order valence-electron chi connectivity index (χ0n) is 15.1. The van der Waals surface area contributed by atoms with Crippen molar-refractivity contribution >= 4 is 28.4 Å². The molecule has 0 atom stereocenters. The maximum Gasteiger partial charge on any atom is 0.229 e. The van der Waals surface area contributed by atoms with E-state index >= 15 is 0 Å². The van der Waals surface area contributed by atoms with Gasteiger partial charge in [0.2, 0.25) is 5.95 Å². The molecule has 6 heteroatoms. The summed E-state index contributed by atoms with van der Waals surface area (Å²) in [4.78, 5) is 14.2. The molecule has 2 aromatic carbocycles. The molecule has 134 valence electrons. The van der Waals surface area contributed by atoms with Crippen LogP contribution >= 0.6 is 0 Å². The van der Waals surface area contributed by atoms with E-state index in [9.17, 15) is 0 Å². The molecule has 1 aliphatic heterocycles. The molecule has 0 bridgehead atoms. The van der Waals surface area contributed by atoms with Gasteiger partial charge in [0.15, 0.2) is 0 Å². The van der Waals surface area contributed by atoms with E-state index in [0.717, 1.165) is 54.3 Å². The minimum Gasteiger partial charge on any atom is -0.497 e. The monoisotopic (exact) mass is 349 g/mol. The lowest BCUT2D eigenvalue weighted by Crippen LogP contribution is -2.45. The second kappa shape index (κ2) is 7.17. The minimum atomic E-state index is 0.614. The maximum atomic E-state index is 5.21. The van der Waals surface area contributed by atoms with Crippen LogP contribution < -0.4 is 15.0 Å². The van der Waals surface area contributed by atoms with E-state index in [2.05, 4.69) is 28.2 Å². The maximum absolute atomic E-state index is 5.21. The van der Waals surface area contributed by atoms with Crippen LogP contribution in [0.1, 0.15) is 0 Å². The minimum absolute atomic E-state index is 0.614. The normalized spacial score (nSPS) is 15.2. The number of fused-ring (bicyclic) bond motifs is 1. The van der Waals surface area contributed by atoms with E-state index in [1.54, 1.807) is 7.11 Å². The fourth-order valence-electron chi connectivity index (χ4n) is 3.18. The molecule has 4 rings (SSSR count). The Morgan fingerprint density at radius 3 is 2.38 bits per heavy atom. The first-order valence-electron chi connectivity index (χ1n) is 8.84. The third kappa shape index (κ3) is 3.41. The van der Waals surface area contributed by atoms with Gasteiger partial charge in [-0.15, -0.1) is 0 Å². The van der Waals surface area contributed by atoms with Crippen molar-refractivity contribution in [1.29, 1.82) is 0 Å². The van der Waals surface area contributed by atoms with Crippen LogP contribution in [-0.2, 0) is 0 Å². The number of hydrogen-bond donors (Lipinski definition) is 1. The third-order valence-corrected chi connectivity index (χ3v) is 4.73. The number of anilines is 3. The van der Waals surface area contributed by atoms with Crippen LogP contribution in [0.5, 0.6) is 5.75 Å². The Morgan fingerprint density at radius 2 is 1.65 bits per heavy atom. The zero-order valence-corrected chi connectivity index (χ0v) is 15.1. The number of likely N-dealkylation sites (N-methyl/N-ethyl adjacent to an activating group) is 1. The quantitative estimate of drug-likeness (QED) is 0.781. The number of ether oxygens (including phenoxy) is 1. The van der Waals surface area contributed by atoms with Crippen LogP contribution in [0.15, 0.2) is 48.5 Å². The van der Waals surface area contributed by atoms with Crippen LogP contribution in [0.25, 0.3) is 10.9 Å². The van der Waals surface area contributed by atoms with Gasteiger partial charge in [-0.25, -0.2) is 4.98 Å². The van der Waals surface area contributed by atoms with Gasteiger partial charge in [-0.05, 0) is 43.4 Å². The van der Waals surface area contributed by atoms with Crippen LogP contribution in [0.2, 0.25) is 0 Å². The summed E-state index contributed by atoms with van der Waals surface area (Å²) >= 11 is 0. The van der Waals surface area contributed by atoms with Crippen LogP contribution in [-0.4, -0.2) is 55.2 Å². The molecule has 1 fully saturated rings. The van der Waals surface area contributed by atoms with E-state index in [-0.39, 0.29) is 0 Å². The average molecular weight is 349 g/mol. The van der Waals surface area contributed by atoms with Crippen molar-refractivity contribution in [1.82, 2.24) is 14.9 Å². The lowest BCUT2D eigenvalue weighted by molar-refractivity contribution is 0.312. The Bertz CT molecular complexity index is 888. The van der Waals surface area contributed by atoms with Crippen LogP contribution in [0.4, 0.5) is 17.5 Å². The Balaban J connectivity index is 1.68.